The van der Waals surface area contributed by atoms with Crippen LogP contribution in [0.1, 0.15) is 66.9 Å². The molecule has 33 heavy (non-hydrogen) atoms. The van der Waals surface area contributed by atoms with E-state index in [4.69, 9.17) is 13.9 Å². The van der Waals surface area contributed by atoms with Crippen molar-refractivity contribution < 1.29 is 23.5 Å². The topological polar surface area (TPSA) is 61.8 Å². The Labute approximate surface area is 201 Å². The number of hydrogen-bond acceptors (Lipinski definition) is 5. The molecule has 0 unspecified atom stereocenters. The van der Waals surface area contributed by atoms with Crippen LogP contribution in [0.3, 0.4) is 0 Å². The fourth-order valence-electron chi connectivity index (χ4n) is 4.73. The van der Waals surface area contributed by atoms with Gasteiger partial charge in [-0.2, -0.15) is 0 Å². The second-order valence-electron chi connectivity index (χ2n) is 9.23. The molecule has 0 fully saturated rings. The summed E-state index contributed by atoms with van der Waals surface area (Å²) in [5, 5.41) is 0. The molecular formula is C27H40O5Si. The van der Waals surface area contributed by atoms with E-state index in [9.17, 15) is 9.59 Å². The van der Waals surface area contributed by atoms with Crippen LogP contribution in [0.2, 0.25) is 16.6 Å². The average Bonchev–Trinajstić information content (AvgIpc) is 2.79. The minimum absolute atomic E-state index is 0.00251. The Bertz CT molecular complexity index is 837. The lowest BCUT2D eigenvalue weighted by Crippen LogP contribution is -2.47. The van der Waals surface area contributed by atoms with Gasteiger partial charge in [-0.25, -0.2) is 0 Å². The largest absolute Gasteiger partial charge is 0.543 e. The molecule has 1 rings (SSSR count). The maximum atomic E-state index is 12.8. The molecule has 0 saturated heterocycles. The first-order valence-corrected chi connectivity index (χ1v) is 13.7. The Balaban J connectivity index is 3.70. The number of methoxy groups -OCH3 is 2. The summed E-state index contributed by atoms with van der Waals surface area (Å²) in [7, 11) is 0.245. The van der Waals surface area contributed by atoms with Crippen LogP contribution >= 0.6 is 0 Å². The van der Waals surface area contributed by atoms with Crippen molar-refractivity contribution >= 4 is 26.0 Å². The van der Waals surface area contributed by atoms with Gasteiger partial charge in [0.1, 0.15) is 5.76 Å². The Morgan fingerprint density at radius 3 is 1.82 bits per heavy atom. The third kappa shape index (κ3) is 6.29. The summed E-state index contributed by atoms with van der Waals surface area (Å²) in [4.78, 5) is 25.7. The summed E-state index contributed by atoms with van der Waals surface area (Å²) in [6.45, 7) is 15.0. The second-order valence-corrected chi connectivity index (χ2v) is 14.6. The van der Waals surface area contributed by atoms with Gasteiger partial charge in [-0.15, -0.1) is 11.8 Å². The molecule has 6 heteroatoms. The molecule has 0 amide bonds. The van der Waals surface area contributed by atoms with E-state index in [0.717, 1.165) is 5.56 Å². The Morgan fingerprint density at radius 1 is 0.939 bits per heavy atom. The van der Waals surface area contributed by atoms with Crippen molar-refractivity contribution in [1.29, 1.82) is 0 Å². The lowest BCUT2D eigenvalue weighted by Gasteiger charge is -2.43. The van der Waals surface area contributed by atoms with Crippen LogP contribution in [-0.4, -0.2) is 34.5 Å². The van der Waals surface area contributed by atoms with Crippen LogP contribution in [0, 0.1) is 17.3 Å². The predicted molar refractivity (Wildman–Crippen MR) is 136 cm³/mol. The summed E-state index contributed by atoms with van der Waals surface area (Å²) >= 11 is 0. The molecule has 0 radical (unpaired) electrons. The number of hydrogen-bond donors (Lipinski definition) is 0. The van der Waals surface area contributed by atoms with Crippen LogP contribution in [0.5, 0.6) is 0 Å². The molecule has 0 N–H and O–H groups in total. The van der Waals surface area contributed by atoms with E-state index < -0.39 is 25.7 Å². The van der Waals surface area contributed by atoms with Gasteiger partial charge in [0, 0.05) is 12.0 Å². The highest BCUT2D eigenvalue weighted by Crippen LogP contribution is 2.45. The number of carbonyl (C=O) groups excluding carboxylic acids is 2. The smallest absolute Gasteiger partial charge is 0.324 e. The van der Waals surface area contributed by atoms with Gasteiger partial charge in [0.25, 0.3) is 8.32 Å². The Morgan fingerprint density at radius 2 is 1.42 bits per heavy atom. The van der Waals surface area contributed by atoms with Crippen LogP contribution in [0.15, 0.2) is 36.4 Å². The highest BCUT2D eigenvalue weighted by molar-refractivity contribution is 6.78. The minimum atomic E-state index is -2.29. The van der Waals surface area contributed by atoms with Crippen molar-refractivity contribution in [1.82, 2.24) is 0 Å². The molecule has 0 aliphatic carbocycles. The number of rotatable bonds is 11. The first-order chi connectivity index (χ1) is 15.5. The van der Waals surface area contributed by atoms with Gasteiger partial charge in [0.15, 0.2) is 5.41 Å². The fourth-order valence-corrected chi connectivity index (χ4v) is 10.0. The van der Waals surface area contributed by atoms with Gasteiger partial charge in [-0.1, -0.05) is 71.9 Å². The summed E-state index contributed by atoms with van der Waals surface area (Å²) in [6.07, 6.45) is 1.90. The molecule has 182 valence electrons. The van der Waals surface area contributed by atoms with Crippen molar-refractivity contribution in [3.05, 3.63) is 42.0 Å². The van der Waals surface area contributed by atoms with E-state index in [-0.39, 0.29) is 12.8 Å². The number of allylic oxidation sites excluding steroid dienone is 1. The molecule has 5 nitrogen and oxygen atoms in total. The van der Waals surface area contributed by atoms with Crippen molar-refractivity contribution in [3.8, 4) is 11.8 Å². The quantitative estimate of drug-likeness (QED) is 0.123. The van der Waals surface area contributed by atoms with Gasteiger partial charge < -0.3 is 13.9 Å². The van der Waals surface area contributed by atoms with Crippen LogP contribution in [0.4, 0.5) is 0 Å². The molecule has 0 bridgehead atoms. The zero-order valence-electron chi connectivity index (χ0n) is 21.7. The first-order valence-electron chi connectivity index (χ1n) is 11.5. The average molecular weight is 473 g/mol. The normalized spacial score (nSPS) is 12.4. The van der Waals surface area contributed by atoms with Gasteiger partial charge in [0.2, 0.25) is 0 Å². The van der Waals surface area contributed by atoms with E-state index in [2.05, 4.69) is 53.4 Å². The molecule has 1 aromatic carbocycles. The maximum absolute atomic E-state index is 12.8. The van der Waals surface area contributed by atoms with Crippen molar-refractivity contribution in [2.75, 3.05) is 14.2 Å². The minimum Gasteiger partial charge on any atom is -0.543 e. The van der Waals surface area contributed by atoms with E-state index in [1.54, 1.807) is 6.92 Å². The lowest BCUT2D eigenvalue weighted by molar-refractivity contribution is -0.168. The highest BCUT2D eigenvalue weighted by Gasteiger charge is 2.49. The second kappa shape index (κ2) is 12.6. The highest BCUT2D eigenvalue weighted by atomic mass is 28.4. The van der Waals surface area contributed by atoms with Gasteiger partial charge in [-0.05, 0) is 36.0 Å². The molecule has 0 spiro atoms. The molecule has 0 saturated carbocycles. The van der Waals surface area contributed by atoms with Crippen LogP contribution < -0.4 is 0 Å². The standard InChI is InChI=1S/C27H40O5Si/c1-10-11-18-27(25(28)30-8,26(29)31-9)19-17-24(23-15-13-12-14-16-23)32-33(20(2)3,21(4)5)22(6)7/h12-17,20-22H,18-19H2,1-9H3/b24-17+. The molecular weight excluding hydrogens is 432 g/mol. The fraction of sp³-hybridized carbons (Fsp3) is 0.556. The number of carbonyl (C=O) groups is 2. The molecule has 0 atom stereocenters. The molecule has 0 heterocycles. The third-order valence-corrected chi connectivity index (χ3v) is 12.4. The molecule has 0 aromatic heterocycles. The maximum Gasteiger partial charge on any atom is 0.324 e. The third-order valence-electron chi connectivity index (χ3n) is 6.41. The van der Waals surface area contributed by atoms with E-state index in [1.165, 1.54) is 14.2 Å². The van der Waals surface area contributed by atoms with Crippen molar-refractivity contribution in [2.24, 2.45) is 5.41 Å². The zero-order valence-corrected chi connectivity index (χ0v) is 22.7. The summed E-state index contributed by atoms with van der Waals surface area (Å²) in [5.41, 5.74) is 0.430. The molecule has 1 aromatic rings. The van der Waals surface area contributed by atoms with Crippen molar-refractivity contribution in [2.45, 2.75) is 77.9 Å². The van der Waals surface area contributed by atoms with E-state index in [1.807, 2.05) is 36.4 Å². The molecule has 0 aliphatic heterocycles. The number of ether oxygens (including phenoxy) is 2. The van der Waals surface area contributed by atoms with Crippen molar-refractivity contribution in [3.63, 3.8) is 0 Å². The Hall–Kier alpha value is -2.52. The predicted octanol–water partition coefficient (Wildman–Crippen LogP) is 6.36. The van der Waals surface area contributed by atoms with E-state index >= 15 is 0 Å². The summed E-state index contributed by atoms with van der Waals surface area (Å²) < 4.78 is 17.0. The molecule has 0 aliphatic rings. The van der Waals surface area contributed by atoms with E-state index in [0.29, 0.717) is 22.4 Å². The summed E-state index contributed by atoms with van der Waals surface area (Å²) in [6, 6.07) is 9.81. The van der Waals surface area contributed by atoms with Gasteiger partial charge in [0.05, 0.1) is 14.2 Å². The first kappa shape index (κ1) is 28.5. The zero-order chi connectivity index (χ0) is 25.2. The summed E-state index contributed by atoms with van der Waals surface area (Å²) in [5.74, 6) is 4.99. The number of benzene rings is 1. The monoisotopic (exact) mass is 472 g/mol. The lowest BCUT2D eigenvalue weighted by atomic mass is 9.80. The SMILES string of the molecule is CC#CCC(C/C=C(/O[Si](C(C)C)(C(C)C)C(C)C)c1ccccc1)(C(=O)OC)C(=O)OC. The Kier molecular flexibility index (Phi) is 10.9. The number of esters is 2. The van der Waals surface area contributed by atoms with Crippen LogP contribution in [-0.2, 0) is 23.5 Å². The van der Waals surface area contributed by atoms with Gasteiger partial charge >= 0.3 is 11.9 Å². The van der Waals surface area contributed by atoms with Crippen LogP contribution in [0.25, 0.3) is 5.76 Å². The van der Waals surface area contributed by atoms with Gasteiger partial charge in [-0.3, -0.25) is 9.59 Å².